The predicted molar refractivity (Wildman–Crippen MR) is 123 cm³/mol. The van der Waals surface area contributed by atoms with Crippen LogP contribution < -0.4 is 9.47 Å². The first-order valence-corrected chi connectivity index (χ1v) is 10.4. The minimum Gasteiger partial charge on any atom is -0.493 e. The minimum atomic E-state index is -0.458. The predicted octanol–water partition coefficient (Wildman–Crippen LogP) is 4.60. The van der Waals surface area contributed by atoms with Crippen molar-refractivity contribution in [3.8, 4) is 11.5 Å². The van der Waals surface area contributed by atoms with Gasteiger partial charge in [-0.15, -0.1) is 5.06 Å². The molecule has 2 aliphatic rings. The van der Waals surface area contributed by atoms with Crippen molar-refractivity contribution in [1.82, 2.24) is 5.06 Å². The molecule has 4 rings (SSSR count). The number of carbonyl (C=O) groups is 1. The first-order chi connectivity index (χ1) is 15.4. The molecular formula is C25H25N3O4. The average Bonchev–Trinajstić information content (AvgIpc) is 3.14. The van der Waals surface area contributed by atoms with Crippen LogP contribution >= 0.6 is 0 Å². The lowest BCUT2D eigenvalue weighted by Gasteiger charge is -2.22. The van der Waals surface area contributed by atoms with Crippen molar-refractivity contribution in [2.75, 3.05) is 13.2 Å². The van der Waals surface area contributed by atoms with Gasteiger partial charge in [0.25, 0.3) is 5.91 Å². The van der Waals surface area contributed by atoms with Crippen LogP contribution in [0.1, 0.15) is 30.0 Å². The van der Waals surface area contributed by atoms with Crippen LogP contribution in [0.4, 0.5) is 0 Å². The molecule has 7 nitrogen and oxygen atoms in total. The van der Waals surface area contributed by atoms with Crippen molar-refractivity contribution < 1.29 is 19.1 Å². The molecule has 2 heterocycles. The molecule has 2 aromatic carbocycles. The van der Waals surface area contributed by atoms with E-state index in [4.69, 9.17) is 19.7 Å². The molecule has 0 radical (unpaired) electrons. The van der Waals surface area contributed by atoms with E-state index in [-0.39, 0.29) is 11.4 Å². The second-order valence-corrected chi connectivity index (χ2v) is 7.66. The van der Waals surface area contributed by atoms with Gasteiger partial charge in [-0.3, -0.25) is 10.2 Å². The number of hydroxylamine groups is 2. The molecule has 32 heavy (non-hydrogen) atoms. The van der Waals surface area contributed by atoms with Crippen LogP contribution in [-0.4, -0.2) is 35.9 Å². The SMILES string of the molecule is CC1=CC2=NC(=O)/C(=C\c3ccc(OCCCOc4c(C)cccc4C)cc3)C(=N)N2O1. The van der Waals surface area contributed by atoms with E-state index in [1.165, 1.54) is 5.06 Å². The van der Waals surface area contributed by atoms with Crippen LogP contribution in [0.3, 0.4) is 0 Å². The number of benzene rings is 2. The molecule has 0 saturated carbocycles. The summed E-state index contributed by atoms with van der Waals surface area (Å²) in [5.74, 6) is 2.10. The minimum absolute atomic E-state index is 0.0303. The number of nitrogens with one attached hydrogen (secondary N) is 1. The summed E-state index contributed by atoms with van der Waals surface area (Å²) in [6.45, 7) is 6.94. The van der Waals surface area contributed by atoms with E-state index in [9.17, 15) is 4.79 Å². The van der Waals surface area contributed by atoms with E-state index < -0.39 is 5.91 Å². The number of aliphatic imine (C=N–C) groups is 1. The molecule has 7 heteroatoms. The van der Waals surface area contributed by atoms with Crippen molar-refractivity contribution in [1.29, 1.82) is 5.41 Å². The smallest absolute Gasteiger partial charge is 0.282 e. The van der Waals surface area contributed by atoms with Crippen LogP contribution in [0.15, 0.2) is 64.9 Å². The molecular weight excluding hydrogens is 406 g/mol. The van der Waals surface area contributed by atoms with Gasteiger partial charge in [0.15, 0.2) is 11.7 Å². The Morgan fingerprint density at radius 3 is 2.44 bits per heavy atom. The van der Waals surface area contributed by atoms with Crippen molar-refractivity contribution in [3.63, 3.8) is 0 Å². The third-order valence-electron chi connectivity index (χ3n) is 5.08. The summed E-state index contributed by atoms with van der Waals surface area (Å²) >= 11 is 0. The van der Waals surface area contributed by atoms with E-state index in [1.54, 1.807) is 19.1 Å². The fourth-order valence-corrected chi connectivity index (χ4v) is 3.48. The number of nitrogens with zero attached hydrogens (tertiary/aromatic N) is 2. The van der Waals surface area contributed by atoms with Crippen molar-refractivity contribution >= 4 is 23.7 Å². The molecule has 1 N–H and O–H groups in total. The third kappa shape index (κ3) is 4.56. The van der Waals surface area contributed by atoms with Gasteiger partial charge in [0, 0.05) is 12.5 Å². The van der Waals surface area contributed by atoms with Crippen LogP contribution in [0.5, 0.6) is 11.5 Å². The van der Waals surface area contributed by atoms with Crippen LogP contribution in [0, 0.1) is 19.3 Å². The Hall–Kier alpha value is -3.87. The Balaban J connectivity index is 1.30. The second kappa shape index (κ2) is 9.09. The summed E-state index contributed by atoms with van der Waals surface area (Å²) in [6.07, 6.45) is 4.02. The molecule has 164 valence electrons. The van der Waals surface area contributed by atoms with E-state index in [1.807, 2.05) is 56.3 Å². The lowest BCUT2D eigenvalue weighted by molar-refractivity contribution is -0.114. The lowest BCUT2D eigenvalue weighted by Crippen LogP contribution is -2.38. The van der Waals surface area contributed by atoms with Gasteiger partial charge in [-0.2, -0.15) is 4.99 Å². The zero-order valence-corrected chi connectivity index (χ0v) is 18.3. The Labute approximate surface area is 187 Å². The van der Waals surface area contributed by atoms with Gasteiger partial charge >= 0.3 is 0 Å². The lowest BCUT2D eigenvalue weighted by atomic mass is 10.1. The number of para-hydroxylation sites is 1. The molecule has 0 aromatic heterocycles. The fraction of sp³-hybridized carbons (Fsp3) is 0.240. The molecule has 0 spiro atoms. The van der Waals surface area contributed by atoms with E-state index in [0.717, 1.165) is 34.6 Å². The summed E-state index contributed by atoms with van der Waals surface area (Å²) in [7, 11) is 0. The highest BCUT2D eigenvalue weighted by atomic mass is 16.7. The normalized spacial score (nSPS) is 16.5. The summed E-state index contributed by atoms with van der Waals surface area (Å²) in [6, 6.07) is 13.5. The second-order valence-electron chi connectivity index (χ2n) is 7.66. The Morgan fingerprint density at radius 1 is 1.03 bits per heavy atom. The van der Waals surface area contributed by atoms with Crippen LogP contribution in [-0.2, 0) is 9.63 Å². The van der Waals surface area contributed by atoms with Gasteiger partial charge in [-0.05, 0) is 55.7 Å². The monoisotopic (exact) mass is 431 g/mol. The fourth-order valence-electron chi connectivity index (χ4n) is 3.48. The maximum absolute atomic E-state index is 12.3. The molecule has 0 unspecified atom stereocenters. The first-order valence-electron chi connectivity index (χ1n) is 10.4. The number of ether oxygens (including phenoxy) is 2. The highest BCUT2D eigenvalue weighted by Gasteiger charge is 2.34. The van der Waals surface area contributed by atoms with Gasteiger partial charge in [0.05, 0.1) is 18.8 Å². The molecule has 0 aliphatic carbocycles. The average molecular weight is 431 g/mol. The third-order valence-corrected chi connectivity index (χ3v) is 5.08. The molecule has 0 atom stereocenters. The number of rotatable bonds is 7. The quantitative estimate of drug-likeness (QED) is 0.512. The molecule has 0 fully saturated rings. The largest absolute Gasteiger partial charge is 0.493 e. The highest BCUT2D eigenvalue weighted by Crippen LogP contribution is 2.25. The molecule has 2 aliphatic heterocycles. The Kier molecular flexibility index (Phi) is 6.07. The number of hydrogen-bond acceptors (Lipinski definition) is 5. The van der Waals surface area contributed by atoms with Crippen LogP contribution in [0.2, 0.25) is 0 Å². The zero-order chi connectivity index (χ0) is 22.7. The van der Waals surface area contributed by atoms with Gasteiger partial charge < -0.3 is 14.3 Å². The number of allylic oxidation sites excluding steroid dienone is 1. The number of fused-ring (bicyclic) bond motifs is 1. The van der Waals surface area contributed by atoms with Crippen molar-refractivity contribution in [2.45, 2.75) is 27.2 Å². The van der Waals surface area contributed by atoms with E-state index >= 15 is 0 Å². The summed E-state index contributed by atoms with van der Waals surface area (Å²) in [5.41, 5.74) is 3.20. The molecule has 0 bridgehead atoms. The summed E-state index contributed by atoms with van der Waals surface area (Å²) < 4.78 is 11.7. The standard InChI is InChI=1S/C25H25N3O4/c1-16-6-4-7-17(2)23(16)31-13-5-12-30-20-10-8-19(9-11-20)15-21-24(26)28-22(27-25(21)29)14-18(3)32-28/h4,6-11,14-15,26H,5,12-13H2,1-3H3/b21-15-,26-24?. The molecule has 0 saturated heterocycles. The Morgan fingerprint density at radius 2 is 1.72 bits per heavy atom. The zero-order valence-electron chi connectivity index (χ0n) is 18.3. The maximum atomic E-state index is 12.3. The van der Waals surface area contributed by atoms with Gasteiger partial charge in [-0.1, -0.05) is 30.3 Å². The van der Waals surface area contributed by atoms with Gasteiger partial charge in [0.1, 0.15) is 17.3 Å². The number of carbonyl (C=O) groups excluding carboxylic acids is 1. The van der Waals surface area contributed by atoms with Crippen molar-refractivity contribution in [2.24, 2.45) is 4.99 Å². The Bertz CT molecular complexity index is 1130. The van der Waals surface area contributed by atoms with Crippen molar-refractivity contribution in [3.05, 3.63) is 76.6 Å². The number of aryl methyl sites for hydroxylation is 2. The first kappa shape index (κ1) is 21.4. The number of hydrogen-bond donors (Lipinski definition) is 1. The van der Waals surface area contributed by atoms with Gasteiger partial charge in [-0.25, -0.2) is 0 Å². The number of amides is 1. The summed E-state index contributed by atoms with van der Waals surface area (Å²) in [4.78, 5) is 21.7. The summed E-state index contributed by atoms with van der Waals surface area (Å²) in [5, 5.41) is 9.52. The molecule has 1 amide bonds. The van der Waals surface area contributed by atoms with Crippen LogP contribution in [0.25, 0.3) is 6.08 Å². The van der Waals surface area contributed by atoms with E-state index in [2.05, 4.69) is 4.99 Å². The maximum Gasteiger partial charge on any atom is 0.282 e. The molecule has 2 aromatic rings. The van der Waals surface area contributed by atoms with Gasteiger partial charge in [0.2, 0.25) is 0 Å². The van der Waals surface area contributed by atoms with E-state index in [0.29, 0.717) is 24.8 Å². The highest BCUT2D eigenvalue weighted by molar-refractivity contribution is 6.32. The number of amidine groups is 2. The topological polar surface area (TPSA) is 84.2 Å².